The van der Waals surface area contributed by atoms with Crippen molar-refractivity contribution < 1.29 is 14.1 Å². The average molecular weight is 253 g/mol. The van der Waals surface area contributed by atoms with E-state index in [0.717, 1.165) is 5.39 Å². The Balaban J connectivity index is 1.76. The molecular weight excluding hydrogens is 242 g/mol. The van der Waals surface area contributed by atoms with Crippen LogP contribution in [0.5, 0.6) is 5.75 Å². The van der Waals surface area contributed by atoms with Gasteiger partial charge in [0.2, 0.25) is 0 Å². The molecule has 19 heavy (non-hydrogen) atoms. The number of benzene rings is 2. The molecule has 3 rings (SSSR count). The maximum absolute atomic E-state index is 11.8. The van der Waals surface area contributed by atoms with E-state index in [1.807, 2.05) is 42.5 Å². The third kappa shape index (κ3) is 2.47. The van der Waals surface area contributed by atoms with Gasteiger partial charge in [0.05, 0.1) is 6.42 Å². The summed E-state index contributed by atoms with van der Waals surface area (Å²) in [6.07, 6.45) is 0.0892. The molecule has 0 bridgehead atoms. The van der Waals surface area contributed by atoms with Gasteiger partial charge in [-0.1, -0.05) is 35.5 Å². The van der Waals surface area contributed by atoms with E-state index in [1.165, 1.54) is 0 Å². The van der Waals surface area contributed by atoms with Crippen molar-refractivity contribution in [2.75, 3.05) is 0 Å². The molecule has 0 radical (unpaired) electrons. The smallest absolute Gasteiger partial charge is 0.317 e. The molecule has 0 fully saturated rings. The lowest BCUT2D eigenvalue weighted by atomic mass is 10.2. The second-order valence-corrected chi connectivity index (χ2v) is 4.09. The van der Waals surface area contributed by atoms with Gasteiger partial charge in [-0.05, 0) is 24.3 Å². The van der Waals surface area contributed by atoms with E-state index in [0.29, 0.717) is 17.0 Å². The normalized spacial score (nSPS) is 10.5. The number of rotatable bonds is 3. The highest BCUT2D eigenvalue weighted by Crippen LogP contribution is 2.19. The molecule has 1 heterocycles. The number of carbonyl (C=O) groups excluding carboxylic acids is 1. The van der Waals surface area contributed by atoms with Crippen LogP contribution >= 0.6 is 0 Å². The fourth-order valence-electron chi connectivity index (χ4n) is 1.86. The largest absolute Gasteiger partial charge is 0.426 e. The standard InChI is InChI=1S/C15H11NO3/c17-15(18-11-6-2-1-3-7-11)10-13-12-8-4-5-9-14(12)19-16-13/h1-9H,10H2. The summed E-state index contributed by atoms with van der Waals surface area (Å²) in [6, 6.07) is 16.4. The van der Waals surface area contributed by atoms with E-state index in [2.05, 4.69) is 5.16 Å². The molecule has 0 amide bonds. The Morgan fingerprint density at radius 3 is 2.63 bits per heavy atom. The van der Waals surface area contributed by atoms with E-state index in [9.17, 15) is 4.79 Å². The fourth-order valence-corrected chi connectivity index (χ4v) is 1.86. The average Bonchev–Trinajstić information content (AvgIpc) is 2.83. The van der Waals surface area contributed by atoms with Crippen molar-refractivity contribution in [2.24, 2.45) is 0 Å². The summed E-state index contributed by atoms with van der Waals surface area (Å²) in [4.78, 5) is 11.8. The molecule has 0 aliphatic heterocycles. The molecule has 0 unspecified atom stereocenters. The highest BCUT2D eigenvalue weighted by Gasteiger charge is 2.13. The summed E-state index contributed by atoms with van der Waals surface area (Å²) in [5, 5.41) is 4.74. The highest BCUT2D eigenvalue weighted by molar-refractivity contribution is 5.84. The number of hydrogen-bond acceptors (Lipinski definition) is 4. The lowest BCUT2D eigenvalue weighted by Crippen LogP contribution is -2.11. The molecule has 0 aliphatic rings. The van der Waals surface area contributed by atoms with Crippen LogP contribution in [0, 0.1) is 0 Å². The van der Waals surface area contributed by atoms with Crippen molar-refractivity contribution in [1.29, 1.82) is 0 Å². The predicted octanol–water partition coefficient (Wildman–Crippen LogP) is 2.98. The molecule has 0 atom stereocenters. The molecule has 4 heteroatoms. The minimum atomic E-state index is -0.356. The second kappa shape index (κ2) is 4.94. The number of ether oxygens (including phenoxy) is 1. The van der Waals surface area contributed by atoms with E-state index < -0.39 is 0 Å². The zero-order valence-corrected chi connectivity index (χ0v) is 10.1. The van der Waals surface area contributed by atoms with Crippen molar-refractivity contribution in [3.05, 3.63) is 60.3 Å². The maximum atomic E-state index is 11.8. The van der Waals surface area contributed by atoms with Crippen LogP contribution in [0.15, 0.2) is 59.1 Å². The van der Waals surface area contributed by atoms with E-state index in [-0.39, 0.29) is 12.4 Å². The maximum Gasteiger partial charge on any atom is 0.317 e. The van der Waals surface area contributed by atoms with E-state index in [4.69, 9.17) is 9.26 Å². The Bertz CT molecular complexity index is 703. The van der Waals surface area contributed by atoms with Gasteiger partial charge in [-0.15, -0.1) is 0 Å². The molecule has 0 spiro atoms. The van der Waals surface area contributed by atoms with Crippen molar-refractivity contribution in [3.8, 4) is 5.75 Å². The summed E-state index contributed by atoms with van der Waals surface area (Å²) < 4.78 is 10.4. The van der Waals surface area contributed by atoms with Gasteiger partial charge in [-0.3, -0.25) is 4.79 Å². The van der Waals surface area contributed by atoms with E-state index >= 15 is 0 Å². The third-order valence-corrected chi connectivity index (χ3v) is 2.74. The molecular formula is C15H11NO3. The van der Waals surface area contributed by atoms with Crippen molar-refractivity contribution in [1.82, 2.24) is 5.16 Å². The molecule has 0 saturated heterocycles. The van der Waals surface area contributed by atoms with Crippen molar-refractivity contribution >= 4 is 16.9 Å². The quantitative estimate of drug-likeness (QED) is 0.532. The molecule has 4 nitrogen and oxygen atoms in total. The molecule has 3 aromatic rings. The second-order valence-electron chi connectivity index (χ2n) is 4.09. The number of carbonyl (C=O) groups is 1. The molecule has 1 aromatic heterocycles. The zero-order valence-electron chi connectivity index (χ0n) is 10.1. The topological polar surface area (TPSA) is 52.3 Å². The minimum absolute atomic E-state index is 0.0892. The first-order chi connectivity index (χ1) is 9.33. The van der Waals surface area contributed by atoms with Gasteiger partial charge >= 0.3 is 5.97 Å². The van der Waals surface area contributed by atoms with Gasteiger partial charge in [0.1, 0.15) is 11.4 Å². The minimum Gasteiger partial charge on any atom is -0.426 e. The first-order valence-corrected chi connectivity index (χ1v) is 5.92. The molecule has 0 N–H and O–H groups in total. The van der Waals surface area contributed by atoms with Gasteiger partial charge < -0.3 is 9.26 Å². The van der Waals surface area contributed by atoms with E-state index in [1.54, 1.807) is 12.1 Å². The number of esters is 1. The summed E-state index contributed by atoms with van der Waals surface area (Å²) >= 11 is 0. The Morgan fingerprint density at radius 2 is 1.79 bits per heavy atom. The summed E-state index contributed by atoms with van der Waals surface area (Å²) in [7, 11) is 0. The van der Waals surface area contributed by atoms with Gasteiger partial charge in [0.15, 0.2) is 5.58 Å². The van der Waals surface area contributed by atoms with Crippen LogP contribution in [0.1, 0.15) is 5.69 Å². The number of aromatic nitrogens is 1. The van der Waals surface area contributed by atoms with Crippen LogP contribution in [0.25, 0.3) is 11.0 Å². The monoisotopic (exact) mass is 253 g/mol. The lowest BCUT2D eigenvalue weighted by Gasteiger charge is -2.02. The predicted molar refractivity (Wildman–Crippen MR) is 69.8 cm³/mol. The first kappa shape index (κ1) is 11.5. The number of hydrogen-bond donors (Lipinski definition) is 0. The first-order valence-electron chi connectivity index (χ1n) is 5.92. The summed E-state index contributed by atoms with van der Waals surface area (Å²) in [5.74, 6) is 0.172. The Kier molecular flexibility index (Phi) is 2.98. The van der Waals surface area contributed by atoms with Gasteiger partial charge in [0.25, 0.3) is 0 Å². The van der Waals surface area contributed by atoms with Gasteiger partial charge in [0, 0.05) is 5.39 Å². The van der Waals surface area contributed by atoms with Gasteiger partial charge in [-0.25, -0.2) is 0 Å². The molecule has 0 saturated carbocycles. The lowest BCUT2D eigenvalue weighted by molar-refractivity contribution is -0.133. The fraction of sp³-hybridized carbons (Fsp3) is 0.0667. The molecule has 94 valence electrons. The van der Waals surface area contributed by atoms with Crippen LogP contribution in [-0.2, 0) is 11.2 Å². The zero-order chi connectivity index (χ0) is 13.1. The molecule has 0 aliphatic carbocycles. The number of fused-ring (bicyclic) bond motifs is 1. The van der Waals surface area contributed by atoms with Crippen LogP contribution in [0.2, 0.25) is 0 Å². The SMILES string of the molecule is O=C(Cc1noc2ccccc12)Oc1ccccc1. The number of para-hydroxylation sites is 2. The van der Waals surface area contributed by atoms with Crippen LogP contribution in [0.4, 0.5) is 0 Å². The van der Waals surface area contributed by atoms with Gasteiger partial charge in [-0.2, -0.15) is 0 Å². The Morgan fingerprint density at radius 1 is 1.05 bits per heavy atom. The van der Waals surface area contributed by atoms with Crippen LogP contribution < -0.4 is 4.74 Å². The van der Waals surface area contributed by atoms with Crippen LogP contribution in [0.3, 0.4) is 0 Å². The van der Waals surface area contributed by atoms with Crippen LogP contribution in [-0.4, -0.2) is 11.1 Å². The Labute approximate surface area is 109 Å². The highest BCUT2D eigenvalue weighted by atomic mass is 16.5. The third-order valence-electron chi connectivity index (χ3n) is 2.74. The van der Waals surface area contributed by atoms with Crippen molar-refractivity contribution in [3.63, 3.8) is 0 Å². The number of nitrogens with zero attached hydrogens (tertiary/aromatic N) is 1. The summed E-state index contributed by atoms with van der Waals surface area (Å²) in [5.41, 5.74) is 1.27. The molecule has 2 aromatic carbocycles. The van der Waals surface area contributed by atoms with Crippen molar-refractivity contribution in [2.45, 2.75) is 6.42 Å². The Hall–Kier alpha value is -2.62. The summed E-state index contributed by atoms with van der Waals surface area (Å²) in [6.45, 7) is 0.